The Kier molecular flexibility index (Phi) is 36.3. The zero-order valence-corrected chi connectivity index (χ0v) is 68.4. The van der Waals surface area contributed by atoms with E-state index in [1.807, 2.05) is 0 Å². The van der Waals surface area contributed by atoms with Gasteiger partial charge in [-0.3, -0.25) is 19.2 Å². The Hall–Kier alpha value is -4.45. The number of amides is 4. The molecule has 31 N–H and O–H groups in total. The Morgan fingerprint density at radius 3 is 0.929 bits per heavy atom. The Morgan fingerprint density at radius 2 is 0.603 bits per heavy atom. The molecule has 51 atom stereocenters. The average Bonchev–Trinajstić information content (AvgIpc) is 0.754. The number of carbonyl (C=O) groups is 5. The van der Waals surface area contributed by atoms with Crippen molar-refractivity contribution in [3.05, 3.63) is 0 Å². The van der Waals surface area contributed by atoms with Crippen LogP contribution in [0.15, 0.2) is 0 Å². The zero-order valence-electron chi connectivity index (χ0n) is 68.4. The first-order chi connectivity index (χ1) is 59.3. The molecule has 0 aromatic heterocycles. The predicted molar refractivity (Wildman–Crippen MR) is 389 cm³/mol. The average molecular weight is 1840 g/mol. The van der Waals surface area contributed by atoms with Gasteiger partial charge in [-0.2, -0.15) is 0 Å². The molecule has 0 aliphatic carbocycles. The van der Waals surface area contributed by atoms with Gasteiger partial charge in [0.25, 0.3) is 5.79 Å². The minimum atomic E-state index is -3.36. The summed E-state index contributed by atoms with van der Waals surface area (Å²) in [6, 6.07) is -7.83. The van der Waals surface area contributed by atoms with E-state index >= 15 is 0 Å². The summed E-state index contributed by atoms with van der Waals surface area (Å²) in [5.74, 6) is -9.44. The van der Waals surface area contributed by atoms with Crippen molar-refractivity contribution < 1.29 is 252 Å². The van der Waals surface area contributed by atoms with Crippen LogP contribution < -0.4 is 21.3 Å². The molecule has 0 radical (unpaired) electrons. The first kappa shape index (κ1) is 104. The SMILES string of the molecule is CC(=O)N[C@@H]1[C@@H](O[C@H]2O[C@H](C)[C@H](O)[C@H](O)[C@H]2O)[C@H](O[C@@H]2O[C@H](CO)[C@H](O)[C@H](O[C@@H]3O[C@H](CO)[C@@H](O[C@@H]4O[C@H](CO)[C@H](O)[C@H](O[C@@H]5O[C@H](CO)[C@@H](O[C@@H]6O[C@H](CO)[C@H](O)[C@H](O[C@]7(C(=O)O)C[C@H](O)[C@@H](NC(C)=O)[C@H]([C@H](O)[C@H](O)CO)O7)[C@H]6O)[C@H](O[C@H]6O[C@H](C)[C@H](O)[C@H](O)[C@H]6O)[C@H]5NC(C)=O)[C@H]4O)[C@H](O[C@H]4O[C@H](C)[C@H](O)[C@H](O)[C@H]4O)[C@H]3NC(C)=O)[C@H]2O)[C@@H](CO)O[C@H]1O. The molecule has 10 rings (SSSR count). The monoisotopic (exact) mass is 1840 g/mol. The van der Waals surface area contributed by atoms with E-state index < -0.39 is 395 Å². The highest BCUT2D eigenvalue weighted by Gasteiger charge is 2.65. The molecular weight excluding hydrogens is 1720 g/mol. The van der Waals surface area contributed by atoms with E-state index in [1.165, 1.54) is 20.8 Å². The molecule has 126 heavy (non-hydrogen) atoms. The van der Waals surface area contributed by atoms with Crippen LogP contribution in [0.4, 0.5) is 0 Å². The first-order valence-corrected chi connectivity index (χ1v) is 40.3. The molecule has 10 aliphatic rings. The van der Waals surface area contributed by atoms with Gasteiger partial charge >= 0.3 is 5.97 Å². The second-order valence-corrected chi connectivity index (χ2v) is 32.3. The molecule has 10 aliphatic heterocycles. The summed E-state index contributed by atoms with van der Waals surface area (Å²) < 4.78 is 115. The number of carboxylic acid groups (broad SMARTS) is 1. The van der Waals surface area contributed by atoms with Crippen molar-refractivity contribution in [2.75, 3.05) is 46.2 Å². The van der Waals surface area contributed by atoms with Crippen molar-refractivity contribution in [2.45, 2.75) is 367 Å². The third-order valence-corrected chi connectivity index (χ3v) is 23.3. The largest absolute Gasteiger partial charge is 0.477 e. The number of hydrogen-bond acceptors (Lipinski definition) is 50. The normalized spacial score (nSPS) is 49.0. The van der Waals surface area contributed by atoms with Gasteiger partial charge in [0.15, 0.2) is 56.6 Å². The van der Waals surface area contributed by atoms with E-state index in [-0.39, 0.29) is 0 Å². The zero-order chi connectivity index (χ0) is 93.2. The molecule has 10 fully saturated rings. The van der Waals surface area contributed by atoms with Crippen molar-refractivity contribution in [1.82, 2.24) is 21.3 Å². The first-order valence-electron chi connectivity index (χ1n) is 40.3. The fraction of sp³-hybridized carbons (Fsp3) is 0.930. The molecule has 0 spiro atoms. The molecule has 55 nitrogen and oxygen atoms in total. The van der Waals surface area contributed by atoms with Gasteiger partial charge < -0.3 is 249 Å². The van der Waals surface area contributed by atoms with Crippen molar-refractivity contribution in [3.63, 3.8) is 0 Å². The van der Waals surface area contributed by atoms with Gasteiger partial charge in [-0.25, -0.2) is 4.79 Å². The van der Waals surface area contributed by atoms with Crippen LogP contribution in [-0.4, -0.2) is 526 Å². The molecule has 0 saturated carbocycles. The second-order valence-electron chi connectivity index (χ2n) is 32.3. The third-order valence-electron chi connectivity index (χ3n) is 23.3. The number of carbonyl (C=O) groups excluding carboxylic acids is 4. The molecule has 728 valence electrons. The van der Waals surface area contributed by atoms with Gasteiger partial charge in [-0.15, -0.1) is 0 Å². The van der Waals surface area contributed by atoms with E-state index in [4.69, 9.17) is 90.0 Å². The van der Waals surface area contributed by atoms with Crippen LogP contribution in [0, 0.1) is 0 Å². The molecule has 10 saturated heterocycles. The molecule has 0 aromatic rings. The quantitative estimate of drug-likeness (QED) is 0.0297. The van der Waals surface area contributed by atoms with Crippen molar-refractivity contribution in [3.8, 4) is 0 Å². The summed E-state index contributed by atoms with van der Waals surface area (Å²) in [6.07, 6.45) is -99.6. The predicted octanol–water partition coefficient (Wildman–Crippen LogP) is -19.9. The lowest BCUT2D eigenvalue weighted by atomic mass is 9.88. The highest BCUT2D eigenvalue weighted by Crippen LogP contribution is 2.44. The highest BCUT2D eigenvalue weighted by molar-refractivity contribution is 5.77. The summed E-state index contributed by atoms with van der Waals surface area (Å²) in [4.78, 5) is 65.9. The Labute approximate surface area is 714 Å². The summed E-state index contributed by atoms with van der Waals surface area (Å²) in [5, 5.41) is 313. The van der Waals surface area contributed by atoms with Crippen LogP contribution in [0.25, 0.3) is 0 Å². The number of carboxylic acids is 1. The Morgan fingerprint density at radius 1 is 0.325 bits per heavy atom. The third kappa shape index (κ3) is 22.3. The van der Waals surface area contributed by atoms with Crippen LogP contribution in [0.1, 0.15) is 54.9 Å². The Bertz CT molecular complexity index is 3490. The van der Waals surface area contributed by atoms with Crippen molar-refractivity contribution >= 4 is 29.6 Å². The fourth-order valence-electron chi connectivity index (χ4n) is 16.6. The lowest BCUT2D eigenvalue weighted by molar-refractivity contribution is -0.403. The Balaban J connectivity index is 0.984. The topological polar surface area (TPSA) is 855 Å². The molecule has 0 bridgehead atoms. The van der Waals surface area contributed by atoms with Crippen LogP contribution in [-0.2, 0) is 114 Å². The maximum Gasteiger partial charge on any atom is 0.364 e. The van der Waals surface area contributed by atoms with E-state index in [0.717, 1.165) is 27.7 Å². The van der Waals surface area contributed by atoms with E-state index in [9.17, 15) is 162 Å². The molecule has 0 unspecified atom stereocenters. The number of rotatable bonds is 32. The van der Waals surface area contributed by atoms with Gasteiger partial charge in [0, 0.05) is 34.1 Å². The summed E-state index contributed by atoms with van der Waals surface area (Å²) in [6.45, 7) is -1.36. The smallest absolute Gasteiger partial charge is 0.364 e. The maximum atomic E-state index is 13.7. The summed E-state index contributed by atoms with van der Waals surface area (Å²) >= 11 is 0. The summed E-state index contributed by atoms with van der Waals surface area (Å²) in [7, 11) is 0. The fourth-order valence-corrected chi connectivity index (χ4v) is 16.6. The number of aliphatic hydroxyl groups excluding tert-OH is 26. The minimum Gasteiger partial charge on any atom is -0.477 e. The minimum absolute atomic E-state index is 0.860. The highest BCUT2D eigenvalue weighted by atomic mass is 16.8. The number of nitrogens with one attached hydrogen (secondary N) is 4. The maximum absolute atomic E-state index is 13.7. The van der Waals surface area contributed by atoms with Crippen molar-refractivity contribution in [1.29, 1.82) is 0 Å². The van der Waals surface area contributed by atoms with Gasteiger partial charge in [0.05, 0.1) is 76.7 Å². The van der Waals surface area contributed by atoms with Crippen LogP contribution >= 0.6 is 0 Å². The van der Waals surface area contributed by atoms with Gasteiger partial charge in [0.2, 0.25) is 23.6 Å². The lowest BCUT2D eigenvalue weighted by Gasteiger charge is -2.53. The number of ether oxygens (including phenoxy) is 19. The summed E-state index contributed by atoms with van der Waals surface area (Å²) in [5.41, 5.74) is 0. The van der Waals surface area contributed by atoms with Crippen LogP contribution in [0.3, 0.4) is 0 Å². The standard InChI is InChI=1S/C71H118N4O51/c1-16-35(89)42(96)45(99)64(108-16)120-55-32(73-20(5)84)61(105)111-28(13-80)51(55)117-67-48(102)58(39(93)25(10-77)112-67)123-62-33(74-21(6)85)56(121-65-46(100)43(97)36(90)17(2)109-65)52(29(14-81)115-62)118-68-49(103)59(40(94)26(11-78)113-68)124-63-34(75-22(7)86)57(122-66-47(101)44(98)37(91)18(3)110-66)53(30(15-82)116-63)119-69-50(104)60(41(95)27(12-79)114-69)126-71(70(106)107)8-23(87)31(72-19(4)83)54(125-71)38(92)24(88)9-76/h16-18,23-69,76-82,87-105H,8-15H2,1-7H3,(H,72,83)(H,73,84)(H,74,85)(H,75,86)(H,106,107)/t16-,17-,18-,23+,24-,25-,26-,27-,28-,29-,30-,31-,32-,33-,34-,35+,36+,37+,38-,39+,40+,41+,42+,43+,44+,45-,46-,47-,48-,49-,50-,51-,52-,53-,54-,55-,56-,57-,58+,59+,60+,61-,62+,63+,64-,65-,66-,67+,68+,69+,71+/m1/s1. The van der Waals surface area contributed by atoms with Crippen LogP contribution in [0.5, 0.6) is 0 Å². The lowest BCUT2D eigenvalue weighted by Crippen LogP contribution is -2.72. The van der Waals surface area contributed by atoms with Crippen LogP contribution in [0.2, 0.25) is 0 Å². The van der Waals surface area contributed by atoms with Gasteiger partial charge in [-0.1, -0.05) is 0 Å². The molecule has 55 heteroatoms. The molecule has 10 heterocycles. The van der Waals surface area contributed by atoms with E-state index in [1.54, 1.807) is 0 Å². The number of hydrogen-bond donors (Lipinski definition) is 31. The number of aliphatic carboxylic acids is 1. The molecule has 0 aromatic carbocycles. The van der Waals surface area contributed by atoms with E-state index in [2.05, 4.69) is 21.3 Å². The van der Waals surface area contributed by atoms with E-state index in [0.29, 0.717) is 0 Å². The second kappa shape index (κ2) is 44.1. The number of aliphatic hydroxyl groups is 26. The van der Waals surface area contributed by atoms with Crippen molar-refractivity contribution in [2.24, 2.45) is 0 Å². The van der Waals surface area contributed by atoms with Gasteiger partial charge in [-0.05, 0) is 20.8 Å². The van der Waals surface area contributed by atoms with Gasteiger partial charge in [0.1, 0.15) is 220 Å². The molecular formula is C71H118N4O51. The molecule has 4 amide bonds.